The topological polar surface area (TPSA) is 46.6 Å². The number of carbonyl (C=O) groups excluding carboxylic acids is 2. The SMILES string of the molecule is C=CCN(Cc1cccs1)C(=O)CSCC(C)C(=O)OC. The van der Waals surface area contributed by atoms with Crippen LogP contribution in [0.5, 0.6) is 0 Å². The van der Waals surface area contributed by atoms with Gasteiger partial charge in [-0.25, -0.2) is 0 Å². The van der Waals surface area contributed by atoms with Crippen LogP contribution in [0.4, 0.5) is 0 Å². The Morgan fingerprint density at radius 2 is 2.33 bits per heavy atom. The van der Waals surface area contributed by atoms with Gasteiger partial charge in [0.05, 0.1) is 25.3 Å². The first kappa shape index (κ1) is 17.8. The van der Waals surface area contributed by atoms with Gasteiger partial charge in [-0.1, -0.05) is 19.1 Å². The summed E-state index contributed by atoms with van der Waals surface area (Å²) >= 11 is 3.09. The molecular formula is C15H21NO3S2. The summed E-state index contributed by atoms with van der Waals surface area (Å²) < 4.78 is 4.67. The predicted molar refractivity (Wildman–Crippen MR) is 88.4 cm³/mol. The Balaban J connectivity index is 2.42. The number of ether oxygens (including phenoxy) is 1. The third-order valence-corrected chi connectivity index (χ3v) is 4.87. The number of nitrogens with zero attached hydrogens (tertiary/aromatic N) is 1. The molecule has 1 heterocycles. The summed E-state index contributed by atoms with van der Waals surface area (Å²) in [6.07, 6.45) is 1.73. The minimum atomic E-state index is -0.239. The second kappa shape index (κ2) is 9.63. The van der Waals surface area contributed by atoms with Crippen LogP contribution in [0.3, 0.4) is 0 Å². The number of carbonyl (C=O) groups is 2. The van der Waals surface area contributed by atoms with Gasteiger partial charge in [-0.3, -0.25) is 9.59 Å². The number of esters is 1. The van der Waals surface area contributed by atoms with E-state index < -0.39 is 0 Å². The van der Waals surface area contributed by atoms with Crippen LogP contribution in [0.15, 0.2) is 30.2 Å². The molecule has 0 fully saturated rings. The molecule has 0 spiro atoms. The standard InChI is InChI=1S/C15H21NO3S2/c1-4-7-16(9-13-6-5-8-21-13)14(17)11-20-10-12(2)15(18)19-3/h4-6,8,12H,1,7,9-11H2,2-3H3. The van der Waals surface area contributed by atoms with Gasteiger partial charge in [-0.2, -0.15) is 11.8 Å². The van der Waals surface area contributed by atoms with Gasteiger partial charge in [0.2, 0.25) is 5.91 Å². The van der Waals surface area contributed by atoms with E-state index in [0.29, 0.717) is 24.6 Å². The molecule has 0 N–H and O–H groups in total. The summed E-state index contributed by atoms with van der Waals surface area (Å²) in [5.41, 5.74) is 0. The van der Waals surface area contributed by atoms with Gasteiger partial charge in [0.1, 0.15) is 0 Å². The molecule has 116 valence electrons. The van der Waals surface area contributed by atoms with E-state index in [-0.39, 0.29) is 17.8 Å². The Morgan fingerprint density at radius 3 is 2.90 bits per heavy atom. The van der Waals surface area contributed by atoms with Crippen molar-refractivity contribution in [1.29, 1.82) is 0 Å². The summed E-state index contributed by atoms with van der Waals surface area (Å²) in [6, 6.07) is 3.99. The van der Waals surface area contributed by atoms with Crippen molar-refractivity contribution in [3.8, 4) is 0 Å². The Bertz CT molecular complexity index is 459. The highest BCUT2D eigenvalue weighted by atomic mass is 32.2. The number of hydrogen-bond acceptors (Lipinski definition) is 5. The van der Waals surface area contributed by atoms with E-state index >= 15 is 0 Å². The van der Waals surface area contributed by atoms with Crippen molar-refractivity contribution in [2.24, 2.45) is 5.92 Å². The van der Waals surface area contributed by atoms with Crippen molar-refractivity contribution < 1.29 is 14.3 Å². The van der Waals surface area contributed by atoms with Gasteiger partial charge in [0.15, 0.2) is 0 Å². The lowest BCUT2D eigenvalue weighted by Crippen LogP contribution is -2.32. The highest BCUT2D eigenvalue weighted by molar-refractivity contribution is 7.99. The maximum absolute atomic E-state index is 12.2. The van der Waals surface area contributed by atoms with E-state index in [0.717, 1.165) is 4.88 Å². The Morgan fingerprint density at radius 1 is 1.57 bits per heavy atom. The molecule has 1 atom stereocenters. The molecule has 0 aromatic carbocycles. The molecule has 0 aliphatic carbocycles. The minimum Gasteiger partial charge on any atom is -0.469 e. The lowest BCUT2D eigenvalue weighted by atomic mass is 10.2. The van der Waals surface area contributed by atoms with Crippen LogP contribution in [0.25, 0.3) is 0 Å². The first-order valence-corrected chi connectivity index (χ1v) is 8.68. The number of thioether (sulfide) groups is 1. The summed E-state index contributed by atoms with van der Waals surface area (Å²) in [4.78, 5) is 26.4. The van der Waals surface area contributed by atoms with Gasteiger partial charge in [0.25, 0.3) is 0 Å². The Kier molecular flexibility index (Phi) is 8.15. The second-order valence-electron chi connectivity index (χ2n) is 4.58. The van der Waals surface area contributed by atoms with Crippen LogP contribution in [-0.2, 0) is 20.9 Å². The van der Waals surface area contributed by atoms with E-state index in [1.165, 1.54) is 18.9 Å². The van der Waals surface area contributed by atoms with E-state index in [1.54, 1.807) is 29.2 Å². The summed E-state index contributed by atoms with van der Waals surface area (Å²) in [6.45, 7) is 6.64. The number of thiophene rings is 1. The maximum atomic E-state index is 12.2. The molecule has 4 nitrogen and oxygen atoms in total. The fourth-order valence-electron chi connectivity index (χ4n) is 1.68. The number of hydrogen-bond donors (Lipinski definition) is 0. The third-order valence-electron chi connectivity index (χ3n) is 2.83. The largest absolute Gasteiger partial charge is 0.469 e. The smallest absolute Gasteiger partial charge is 0.309 e. The second-order valence-corrected chi connectivity index (χ2v) is 6.64. The van der Waals surface area contributed by atoms with Crippen LogP contribution in [0, 0.1) is 5.92 Å². The zero-order chi connectivity index (χ0) is 15.7. The molecule has 0 saturated carbocycles. The minimum absolute atomic E-state index is 0.0605. The lowest BCUT2D eigenvalue weighted by Gasteiger charge is -2.20. The number of rotatable bonds is 9. The van der Waals surface area contributed by atoms with Crippen LogP contribution in [-0.4, -0.2) is 41.9 Å². The van der Waals surface area contributed by atoms with Gasteiger partial charge in [0, 0.05) is 17.2 Å². The van der Waals surface area contributed by atoms with Gasteiger partial charge < -0.3 is 9.64 Å². The van der Waals surface area contributed by atoms with Crippen molar-refractivity contribution in [2.75, 3.05) is 25.2 Å². The van der Waals surface area contributed by atoms with Crippen LogP contribution >= 0.6 is 23.1 Å². The Hall–Kier alpha value is -1.27. The van der Waals surface area contributed by atoms with Crippen molar-refractivity contribution >= 4 is 35.0 Å². The van der Waals surface area contributed by atoms with Gasteiger partial charge >= 0.3 is 5.97 Å². The van der Waals surface area contributed by atoms with E-state index in [2.05, 4.69) is 11.3 Å². The molecule has 6 heteroatoms. The predicted octanol–water partition coefficient (Wildman–Crippen LogP) is 2.81. The average Bonchev–Trinajstić information content (AvgIpc) is 2.98. The molecule has 21 heavy (non-hydrogen) atoms. The fraction of sp³-hybridized carbons (Fsp3) is 0.467. The first-order valence-electron chi connectivity index (χ1n) is 6.65. The van der Waals surface area contributed by atoms with Crippen molar-refractivity contribution in [1.82, 2.24) is 4.90 Å². The number of amides is 1. The molecule has 0 aliphatic heterocycles. The van der Waals surface area contributed by atoms with E-state index in [1.807, 2.05) is 17.5 Å². The normalized spacial score (nSPS) is 11.7. The molecule has 0 aliphatic rings. The Labute approximate surface area is 134 Å². The van der Waals surface area contributed by atoms with Crippen LogP contribution in [0.2, 0.25) is 0 Å². The molecule has 0 saturated heterocycles. The third kappa shape index (κ3) is 6.35. The molecule has 1 aromatic rings. The molecular weight excluding hydrogens is 306 g/mol. The highest BCUT2D eigenvalue weighted by Crippen LogP contribution is 2.15. The van der Waals surface area contributed by atoms with E-state index in [9.17, 15) is 9.59 Å². The van der Waals surface area contributed by atoms with Crippen molar-refractivity contribution in [2.45, 2.75) is 13.5 Å². The summed E-state index contributed by atoms with van der Waals surface area (Å²) in [7, 11) is 1.38. The molecule has 1 rings (SSSR count). The molecule has 1 unspecified atom stereocenters. The molecule has 1 aromatic heterocycles. The quantitative estimate of drug-likeness (QED) is 0.517. The number of methoxy groups -OCH3 is 1. The first-order chi connectivity index (χ1) is 10.1. The van der Waals surface area contributed by atoms with E-state index in [4.69, 9.17) is 0 Å². The highest BCUT2D eigenvalue weighted by Gasteiger charge is 2.16. The fourth-order valence-corrected chi connectivity index (χ4v) is 3.37. The summed E-state index contributed by atoms with van der Waals surface area (Å²) in [5.74, 6) is 0.569. The van der Waals surface area contributed by atoms with Gasteiger partial charge in [-0.05, 0) is 11.4 Å². The molecule has 0 radical (unpaired) electrons. The summed E-state index contributed by atoms with van der Waals surface area (Å²) in [5, 5.41) is 2.00. The molecule has 0 bridgehead atoms. The average molecular weight is 327 g/mol. The lowest BCUT2D eigenvalue weighted by molar-refractivity contribution is -0.144. The van der Waals surface area contributed by atoms with Crippen molar-refractivity contribution in [3.05, 3.63) is 35.0 Å². The van der Waals surface area contributed by atoms with Crippen LogP contribution < -0.4 is 0 Å². The molecule has 1 amide bonds. The zero-order valence-corrected chi connectivity index (χ0v) is 14.0. The van der Waals surface area contributed by atoms with Crippen molar-refractivity contribution in [3.63, 3.8) is 0 Å². The maximum Gasteiger partial charge on any atom is 0.309 e. The monoisotopic (exact) mass is 327 g/mol. The van der Waals surface area contributed by atoms with Gasteiger partial charge in [-0.15, -0.1) is 17.9 Å². The zero-order valence-electron chi connectivity index (χ0n) is 12.4. The van der Waals surface area contributed by atoms with Crippen LogP contribution in [0.1, 0.15) is 11.8 Å².